The molecule has 0 amide bonds. The van der Waals surface area contributed by atoms with Crippen LogP contribution in [-0.2, 0) is 11.4 Å². The average molecular weight is 384 g/mol. The lowest BCUT2D eigenvalue weighted by Gasteiger charge is -2.35. The quantitative estimate of drug-likeness (QED) is 0.738. The van der Waals surface area contributed by atoms with Crippen LogP contribution in [0.5, 0.6) is 0 Å². The lowest BCUT2D eigenvalue weighted by Crippen LogP contribution is -2.44. The maximum absolute atomic E-state index is 5.97. The van der Waals surface area contributed by atoms with Crippen molar-refractivity contribution in [1.29, 1.82) is 0 Å². The minimum absolute atomic E-state index is 0.440. The molecular formula is C24H24N4O. The first kappa shape index (κ1) is 18.0. The summed E-state index contributed by atoms with van der Waals surface area (Å²) in [4.78, 5) is 17.6. The van der Waals surface area contributed by atoms with Gasteiger partial charge < -0.3 is 0 Å². The highest BCUT2D eigenvalue weighted by molar-refractivity contribution is 5.99. The first-order valence-electron chi connectivity index (χ1n) is 10.1. The molecule has 2 aliphatic heterocycles. The summed E-state index contributed by atoms with van der Waals surface area (Å²) in [5.41, 5.74) is 7.29. The van der Waals surface area contributed by atoms with E-state index < -0.39 is 5.72 Å². The predicted molar refractivity (Wildman–Crippen MR) is 114 cm³/mol. The third-order valence-corrected chi connectivity index (χ3v) is 5.69. The second-order valence-electron chi connectivity index (χ2n) is 7.69. The van der Waals surface area contributed by atoms with E-state index in [0.717, 1.165) is 55.0 Å². The van der Waals surface area contributed by atoms with Crippen molar-refractivity contribution in [2.75, 3.05) is 13.1 Å². The van der Waals surface area contributed by atoms with Gasteiger partial charge in [0.2, 0.25) is 0 Å². The van der Waals surface area contributed by atoms with Crippen LogP contribution >= 0.6 is 0 Å². The molecule has 1 fully saturated rings. The number of nitrogens with zero attached hydrogens (tertiary/aromatic N) is 3. The maximum Gasteiger partial charge on any atom is 0.190 e. The van der Waals surface area contributed by atoms with Crippen LogP contribution in [0.1, 0.15) is 24.0 Å². The molecule has 1 N–H and O–H groups in total. The van der Waals surface area contributed by atoms with Crippen molar-refractivity contribution in [2.24, 2.45) is 4.99 Å². The summed E-state index contributed by atoms with van der Waals surface area (Å²) >= 11 is 0. The Morgan fingerprint density at radius 3 is 2.34 bits per heavy atom. The van der Waals surface area contributed by atoms with E-state index in [1.54, 1.807) is 6.20 Å². The van der Waals surface area contributed by atoms with Crippen LogP contribution in [0, 0.1) is 0 Å². The third-order valence-electron chi connectivity index (χ3n) is 5.69. The minimum Gasteiger partial charge on any atom is -0.299 e. The number of piperidine rings is 1. The summed E-state index contributed by atoms with van der Waals surface area (Å²) in [7, 11) is 0. The number of aliphatic imine (C=N–C) groups is 1. The van der Waals surface area contributed by atoms with Crippen molar-refractivity contribution in [3.8, 4) is 11.1 Å². The molecule has 29 heavy (non-hydrogen) atoms. The number of hydrogen-bond acceptors (Lipinski definition) is 5. The zero-order chi connectivity index (χ0) is 19.5. The molecule has 2 aliphatic rings. The molecule has 3 aromatic rings. The maximum atomic E-state index is 5.97. The van der Waals surface area contributed by atoms with Crippen LogP contribution in [0.2, 0.25) is 0 Å². The number of pyridine rings is 1. The number of amidine groups is 1. The van der Waals surface area contributed by atoms with Gasteiger partial charge in [-0.15, -0.1) is 0 Å². The Hall–Kier alpha value is -3.02. The Balaban J connectivity index is 1.25. The molecule has 0 saturated carbocycles. The van der Waals surface area contributed by atoms with Gasteiger partial charge >= 0.3 is 0 Å². The van der Waals surface area contributed by atoms with Gasteiger partial charge in [-0.3, -0.25) is 9.88 Å². The number of rotatable bonds is 4. The van der Waals surface area contributed by atoms with Crippen LogP contribution in [0.15, 0.2) is 84.1 Å². The number of hydrogen-bond donors (Lipinski definition) is 1. The molecule has 1 aromatic heterocycles. The van der Waals surface area contributed by atoms with Gasteiger partial charge in [-0.25, -0.2) is 15.3 Å². The van der Waals surface area contributed by atoms with Crippen LogP contribution < -0.4 is 5.48 Å². The summed E-state index contributed by atoms with van der Waals surface area (Å²) < 4.78 is 0. The van der Waals surface area contributed by atoms with Crippen molar-refractivity contribution in [1.82, 2.24) is 15.4 Å². The average Bonchev–Trinajstić information content (AvgIpc) is 3.21. The lowest BCUT2D eigenvalue weighted by molar-refractivity contribution is -0.0901. The molecule has 1 spiro atoms. The fourth-order valence-corrected chi connectivity index (χ4v) is 3.99. The van der Waals surface area contributed by atoms with Gasteiger partial charge in [0.1, 0.15) is 0 Å². The first-order chi connectivity index (χ1) is 14.3. The van der Waals surface area contributed by atoms with Crippen molar-refractivity contribution in [3.05, 3.63) is 90.3 Å². The van der Waals surface area contributed by atoms with Crippen molar-refractivity contribution < 1.29 is 4.84 Å². The van der Waals surface area contributed by atoms with E-state index in [1.165, 1.54) is 5.56 Å². The van der Waals surface area contributed by atoms with E-state index in [-0.39, 0.29) is 0 Å². The number of hydroxylamine groups is 1. The van der Waals surface area contributed by atoms with Gasteiger partial charge in [0.05, 0.1) is 0 Å². The van der Waals surface area contributed by atoms with Gasteiger partial charge in [0.15, 0.2) is 11.6 Å². The summed E-state index contributed by atoms with van der Waals surface area (Å²) in [5.74, 6) is 0.819. The number of aromatic nitrogens is 1. The van der Waals surface area contributed by atoms with E-state index in [2.05, 4.69) is 76.0 Å². The Morgan fingerprint density at radius 1 is 0.862 bits per heavy atom. The van der Waals surface area contributed by atoms with Crippen LogP contribution in [-0.4, -0.2) is 34.5 Å². The Labute approximate surface area is 171 Å². The molecule has 3 heterocycles. The highest BCUT2D eigenvalue weighted by Gasteiger charge is 2.40. The monoisotopic (exact) mass is 384 g/mol. The standard InChI is InChI=1S/C24H24N4O/c1-2-5-19(6-3-1)18-28-15-12-24(13-16-28)26-23(27-29-24)21-10-8-20(9-11-21)22-7-4-14-25-17-22/h1-11,14,17H,12-13,15-16,18H2,(H,26,27). The van der Waals surface area contributed by atoms with E-state index in [9.17, 15) is 0 Å². The van der Waals surface area contributed by atoms with Crippen LogP contribution in [0.25, 0.3) is 11.1 Å². The Kier molecular flexibility index (Phi) is 4.84. The van der Waals surface area contributed by atoms with Gasteiger partial charge in [-0.2, -0.15) is 0 Å². The normalized spacial score (nSPS) is 18.4. The summed E-state index contributed by atoms with van der Waals surface area (Å²) in [6.45, 7) is 2.94. The molecule has 1 saturated heterocycles. The molecule has 5 heteroatoms. The summed E-state index contributed by atoms with van der Waals surface area (Å²) in [6.07, 6.45) is 5.45. The summed E-state index contributed by atoms with van der Waals surface area (Å²) in [5, 5.41) is 0. The van der Waals surface area contributed by atoms with Crippen molar-refractivity contribution >= 4 is 5.84 Å². The SMILES string of the molecule is c1ccc(CN2CCC3(CC2)N=C(c2ccc(-c4cccnc4)cc2)NO3)cc1. The lowest BCUT2D eigenvalue weighted by atomic mass is 10.0. The smallest absolute Gasteiger partial charge is 0.190 e. The van der Waals surface area contributed by atoms with Crippen molar-refractivity contribution in [2.45, 2.75) is 25.1 Å². The fourth-order valence-electron chi connectivity index (χ4n) is 3.99. The van der Waals surface area contributed by atoms with Crippen molar-refractivity contribution in [3.63, 3.8) is 0 Å². The van der Waals surface area contributed by atoms with Crippen LogP contribution in [0.3, 0.4) is 0 Å². The third kappa shape index (κ3) is 3.92. The second-order valence-corrected chi connectivity index (χ2v) is 7.69. The molecule has 0 unspecified atom stereocenters. The molecular weight excluding hydrogens is 360 g/mol. The van der Waals surface area contributed by atoms with E-state index in [4.69, 9.17) is 9.83 Å². The Morgan fingerprint density at radius 2 is 1.62 bits per heavy atom. The summed E-state index contributed by atoms with van der Waals surface area (Å²) in [6, 6.07) is 23.0. The van der Waals surface area contributed by atoms with Gasteiger partial charge in [-0.05, 0) is 22.8 Å². The van der Waals surface area contributed by atoms with Gasteiger partial charge in [0, 0.05) is 50.4 Å². The number of benzene rings is 2. The molecule has 0 bridgehead atoms. The fraction of sp³-hybridized carbons (Fsp3) is 0.250. The molecule has 0 radical (unpaired) electrons. The predicted octanol–water partition coefficient (Wildman–Crippen LogP) is 4.02. The largest absolute Gasteiger partial charge is 0.299 e. The number of nitrogens with one attached hydrogen (secondary N) is 1. The van der Waals surface area contributed by atoms with E-state index in [0.29, 0.717) is 0 Å². The highest BCUT2D eigenvalue weighted by Crippen LogP contribution is 2.32. The highest BCUT2D eigenvalue weighted by atomic mass is 16.7. The molecule has 0 aliphatic carbocycles. The molecule has 5 nitrogen and oxygen atoms in total. The number of likely N-dealkylation sites (tertiary alicyclic amines) is 1. The van der Waals surface area contributed by atoms with Gasteiger partial charge in [0.25, 0.3) is 0 Å². The molecule has 5 rings (SSSR count). The zero-order valence-electron chi connectivity index (χ0n) is 16.3. The second kappa shape index (κ2) is 7.78. The first-order valence-corrected chi connectivity index (χ1v) is 10.1. The topological polar surface area (TPSA) is 49.8 Å². The molecule has 0 atom stereocenters. The van der Waals surface area contributed by atoms with Gasteiger partial charge in [-0.1, -0.05) is 60.7 Å². The van der Waals surface area contributed by atoms with E-state index in [1.807, 2.05) is 12.3 Å². The van der Waals surface area contributed by atoms with Crippen LogP contribution in [0.4, 0.5) is 0 Å². The minimum atomic E-state index is -0.440. The molecule has 2 aromatic carbocycles. The van der Waals surface area contributed by atoms with E-state index >= 15 is 0 Å². The molecule has 146 valence electrons. The zero-order valence-corrected chi connectivity index (χ0v) is 16.3. The Bertz CT molecular complexity index is 978.